The first-order chi connectivity index (χ1) is 15.2. The summed E-state index contributed by atoms with van der Waals surface area (Å²) < 4.78 is 42.8. The fraction of sp³-hybridized carbons (Fsp3) is 0.478. The number of aliphatic carboxylic acids is 1. The van der Waals surface area contributed by atoms with Crippen LogP contribution in [-0.4, -0.2) is 27.6 Å². The highest BCUT2D eigenvalue weighted by Crippen LogP contribution is 2.41. The lowest BCUT2D eigenvalue weighted by Gasteiger charge is -2.25. The summed E-state index contributed by atoms with van der Waals surface area (Å²) >= 11 is 1.27. The summed E-state index contributed by atoms with van der Waals surface area (Å²) in [7, 11) is 0. The molecule has 174 valence electrons. The summed E-state index contributed by atoms with van der Waals surface area (Å²) in [4.78, 5) is 17.0. The summed E-state index contributed by atoms with van der Waals surface area (Å²) in [6.07, 6.45) is 1.76. The molecule has 0 amide bonds. The smallest absolute Gasteiger partial charge is 0.416 e. The summed E-state index contributed by atoms with van der Waals surface area (Å²) in [6, 6.07) is 4.37. The van der Waals surface area contributed by atoms with E-state index in [0.717, 1.165) is 38.2 Å². The molecule has 1 heterocycles. The monoisotopic (exact) mass is 468 g/mol. The van der Waals surface area contributed by atoms with Crippen LogP contribution < -0.4 is 0 Å². The second-order valence-corrected chi connectivity index (χ2v) is 8.80. The van der Waals surface area contributed by atoms with Crippen molar-refractivity contribution in [3.8, 4) is 0 Å². The number of hydrogen-bond acceptors (Lipinski definition) is 5. The Kier molecular flexibility index (Phi) is 7.92. The summed E-state index contributed by atoms with van der Waals surface area (Å²) in [5, 5.41) is 15.3. The van der Waals surface area contributed by atoms with Crippen LogP contribution in [0.15, 0.2) is 46.1 Å². The molecule has 0 bridgehead atoms. The van der Waals surface area contributed by atoms with E-state index in [0.29, 0.717) is 29.0 Å². The first-order valence-corrected chi connectivity index (χ1v) is 11.5. The molecule has 1 aromatic rings. The molecular formula is C23H27F3N2O3S. The van der Waals surface area contributed by atoms with E-state index in [2.05, 4.69) is 5.16 Å². The average Bonchev–Trinajstić information content (AvgIpc) is 2.78. The van der Waals surface area contributed by atoms with Gasteiger partial charge in [-0.1, -0.05) is 36.6 Å². The van der Waals surface area contributed by atoms with Crippen LogP contribution in [0.3, 0.4) is 0 Å². The van der Waals surface area contributed by atoms with Gasteiger partial charge in [-0.05, 0) is 73.2 Å². The van der Waals surface area contributed by atoms with Crippen molar-refractivity contribution < 1.29 is 27.9 Å². The normalized spacial score (nSPS) is 18.3. The van der Waals surface area contributed by atoms with Crippen LogP contribution in [0.1, 0.15) is 68.6 Å². The Labute approximate surface area is 190 Å². The van der Waals surface area contributed by atoms with Crippen LogP contribution in [-0.2, 0) is 22.4 Å². The number of nitrogens with zero attached hydrogens (tertiary/aromatic N) is 2. The number of rotatable bonds is 7. The van der Waals surface area contributed by atoms with Crippen molar-refractivity contribution in [2.75, 3.05) is 6.54 Å². The van der Waals surface area contributed by atoms with Gasteiger partial charge in [0.05, 0.1) is 11.3 Å². The SMILES string of the molecule is CCN1SC=CC(/C(C)=N\OCc2ccc(C3CCCCC3)c(C(F)(F)F)c2)=C1C(=O)O. The van der Waals surface area contributed by atoms with Crippen LogP contribution in [0.2, 0.25) is 0 Å². The lowest BCUT2D eigenvalue weighted by atomic mass is 9.81. The molecule has 3 rings (SSSR count). The maximum absolute atomic E-state index is 13.7. The van der Waals surface area contributed by atoms with Gasteiger partial charge in [-0.25, -0.2) is 4.79 Å². The van der Waals surface area contributed by atoms with Crippen molar-refractivity contribution in [3.63, 3.8) is 0 Å². The third-order valence-electron chi connectivity index (χ3n) is 5.71. The van der Waals surface area contributed by atoms with Gasteiger partial charge in [-0.15, -0.1) is 0 Å². The average molecular weight is 469 g/mol. The van der Waals surface area contributed by atoms with Gasteiger partial charge in [0.25, 0.3) is 0 Å². The number of hydrogen-bond donors (Lipinski definition) is 1. The van der Waals surface area contributed by atoms with Gasteiger partial charge in [0.15, 0.2) is 0 Å². The van der Waals surface area contributed by atoms with Crippen LogP contribution in [0.4, 0.5) is 13.2 Å². The number of oxime groups is 1. The molecule has 1 aliphatic carbocycles. The van der Waals surface area contributed by atoms with Gasteiger partial charge in [0.1, 0.15) is 12.3 Å². The third kappa shape index (κ3) is 5.68. The van der Waals surface area contributed by atoms with Gasteiger partial charge >= 0.3 is 12.1 Å². The van der Waals surface area contributed by atoms with E-state index in [4.69, 9.17) is 4.84 Å². The lowest BCUT2D eigenvalue weighted by molar-refractivity contribution is -0.138. The Morgan fingerprint density at radius 2 is 2.00 bits per heavy atom. The lowest BCUT2D eigenvalue weighted by Crippen LogP contribution is -2.25. The van der Waals surface area contributed by atoms with Gasteiger partial charge in [-0.3, -0.25) is 0 Å². The van der Waals surface area contributed by atoms with Crippen molar-refractivity contribution in [1.82, 2.24) is 4.31 Å². The highest BCUT2D eigenvalue weighted by molar-refractivity contribution is 8.00. The molecular weight excluding hydrogens is 441 g/mol. The second-order valence-electron chi connectivity index (χ2n) is 7.87. The molecule has 0 aromatic heterocycles. The van der Waals surface area contributed by atoms with Crippen molar-refractivity contribution in [2.24, 2.45) is 5.16 Å². The highest BCUT2D eigenvalue weighted by Gasteiger charge is 2.35. The minimum Gasteiger partial charge on any atom is -0.477 e. The molecule has 1 aromatic carbocycles. The van der Waals surface area contributed by atoms with Gasteiger partial charge in [0, 0.05) is 12.1 Å². The van der Waals surface area contributed by atoms with Crippen molar-refractivity contribution in [2.45, 2.75) is 64.7 Å². The minimum atomic E-state index is -4.43. The topological polar surface area (TPSA) is 62.1 Å². The molecule has 0 atom stereocenters. The predicted molar refractivity (Wildman–Crippen MR) is 119 cm³/mol. The number of likely N-dealkylation sites (N-methyl/N-ethyl adjacent to an activating group) is 1. The molecule has 0 saturated heterocycles. The van der Waals surface area contributed by atoms with Crippen molar-refractivity contribution in [1.29, 1.82) is 0 Å². The standard InChI is InChI=1S/C23H27F3N2O3S/c1-3-28-21(22(29)30)18(11-12-32-28)15(2)27-31-14-16-9-10-19(17-7-5-4-6-8-17)20(13-16)23(24,25)26/h9-13,17H,3-8,14H2,1-2H3,(H,29,30)/b27-15-. The van der Waals surface area contributed by atoms with E-state index in [9.17, 15) is 23.1 Å². The van der Waals surface area contributed by atoms with Crippen LogP contribution in [0, 0.1) is 0 Å². The van der Waals surface area contributed by atoms with E-state index < -0.39 is 17.7 Å². The van der Waals surface area contributed by atoms with E-state index in [1.54, 1.807) is 34.8 Å². The molecule has 1 fully saturated rings. The predicted octanol–water partition coefficient (Wildman–Crippen LogP) is 6.48. The fourth-order valence-corrected chi connectivity index (χ4v) is 4.92. The Bertz CT molecular complexity index is 935. The summed E-state index contributed by atoms with van der Waals surface area (Å²) in [5.74, 6) is -1.14. The zero-order valence-electron chi connectivity index (χ0n) is 18.1. The molecule has 1 aliphatic heterocycles. The summed E-state index contributed by atoms with van der Waals surface area (Å²) in [6.45, 7) is 3.80. The highest BCUT2D eigenvalue weighted by atomic mass is 32.2. The first kappa shape index (κ1) is 24.2. The van der Waals surface area contributed by atoms with Crippen molar-refractivity contribution >= 4 is 23.6 Å². The fourth-order valence-electron chi connectivity index (χ4n) is 4.15. The minimum absolute atomic E-state index is 0.0607. The summed E-state index contributed by atoms with van der Waals surface area (Å²) in [5.41, 5.74) is 0.968. The van der Waals surface area contributed by atoms with Crippen LogP contribution in [0.5, 0.6) is 0 Å². The molecule has 0 spiro atoms. The molecule has 1 saturated carbocycles. The van der Waals surface area contributed by atoms with E-state index in [1.165, 1.54) is 11.9 Å². The Balaban J connectivity index is 1.78. The second kappa shape index (κ2) is 10.5. The number of carbonyl (C=O) groups is 1. The molecule has 5 nitrogen and oxygen atoms in total. The number of alkyl halides is 3. The molecule has 2 aliphatic rings. The molecule has 32 heavy (non-hydrogen) atoms. The third-order valence-corrected chi connectivity index (χ3v) is 6.66. The van der Waals surface area contributed by atoms with E-state index in [1.807, 2.05) is 6.92 Å². The Hall–Kier alpha value is -2.42. The molecule has 1 N–H and O–H groups in total. The Morgan fingerprint density at radius 1 is 1.28 bits per heavy atom. The van der Waals surface area contributed by atoms with Crippen molar-refractivity contribution in [3.05, 3.63) is 57.6 Å². The van der Waals surface area contributed by atoms with Gasteiger partial charge in [-0.2, -0.15) is 13.2 Å². The van der Waals surface area contributed by atoms with Crippen LogP contribution >= 0.6 is 11.9 Å². The number of benzene rings is 1. The largest absolute Gasteiger partial charge is 0.477 e. The molecule has 0 unspecified atom stereocenters. The molecule has 0 radical (unpaired) electrons. The first-order valence-electron chi connectivity index (χ1n) is 10.7. The number of halogens is 3. The molecule has 9 heteroatoms. The number of carboxylic acids is 1. The zero-order valence-corrected chi connectivity index (χ0v) is 18.9. The Morgan fingerprint density at radius 3 is 2.62 bits per heavy atom. The number of carboxylic acid groups (broad SMARTS) is 1. The van der Waals surface area contributed by atoms with Gasteiger partial charge < -0.3 is 14.2 Å². The maximum Gasteiger partial charge on any atom is 0.416 e. The maximum atomic E-state index is 13.7. The zero-order chi connectivity index (χ0) is 23.3. The van der Waals surface area contributed by atoms with Crippen LogP contribution in [0.25, 0.3) is 0 Å². The van der Waals surface area contributed by atoms with Gasteiger partial charge in [0.2, 0.25) is 0 Å². The van der Waals surface area contributed by atoms with E-state index in [-0.39, 0.29) is 18.2 Å². The number of allylic oxidation sites excluding steroid dienone is 2. The quantitative estimate of drug-likeness (QED) is 0.282. The van der Waals surface area contributed by atoms with E-state index >= 15 is 0 Å².